The van der Waals surface area contributed by atoms with Crippen LogP contribution in [0.25, 0.3) is 0 Å². The zero-order chi connectivity index (χ0) is 13.3. The molecule has 1 saturated heterocycles. The topological polar surface area (TPSA) is 53.3 Å². The molecule has 0 N–H and O–H groups in total. The Bertz CT molecular complexity index is 336. The highest BCUT2D eigenvalue weighted by Crippen LogP contribution is 2.32. The van der Waals surface area contributed by atoms with Crippen molar-refractivity contribution in [2.24, 2.45) is 11.3 Å². The molecule has 1 aliphatic rings. The van der Waals surface area contributed by atoms with E-state index in [1.54, 1.807) is 4.90 Å². The number of carbonyl (C=O) groups excluding carboxylic acids is 1. The Hall–Kier alpha value is -1.24. The second-order valence-corrected chi connectivity index (χ2v) is 6.56. The van der Waals surface area contributed by atoms with Gasteiger partial charge in [0.15, 0.2) is 0 Å². The normalized spacial score (nSPS) is 24.0. The van der Waals surface area contributed by atoms with E-state index in [2.05, 4.69) is 19.9 Å². The summed E-state index contributed by atoms with van der Waals surface area (Å²) in [5.74, 6) is -0.0914. The quantitative estimate of drug-likeness (QED) is 0.652. The van der Waals surface area contributed by atoms with Crippen molar-refractivity contribution in [2.45, 2.75) is 46.6 Å². The van der Waals surface area contributed by atoms with Gasteiger partial charge in [0.05, 0.1) is 12.0 Å². The van der Waals surface area contributed by atoms with Crippen LogP contribution in [0, 0.1) is 22.7 Å². The number of carbonyl (C=O) groups is 1. The van der Waals surface area contributed by atoms with Gasteiger partial charge in [0.2, 0.25) is 0 Å². The molecular formula is C13H22N2O2. The predicted octanol–water partition coefficient (Wildman–Crippen LogP) is 2.79. The number of hydrogen-bond donors (Lipinski definition) is 0. The minimum absolute atomic E-state index is 0.0183. The molecular weight excluding hydrogens is 216 g/mol. The number of amides is 1. The number of likely N-dealkylation sites (tertiary alicyclic amines) is 1. The Morgan fingerprint density at radius 2 is 2.06 bits per heavy atom. The van der Waals surface area contributed by atoms with Crippen LogP contribution in [0.15, 0.2) is 0 Å². The van der Waals surface area contributed by atoms with Crippen LogP contribution in [-0.4, -0.2) is 29.7 Å². The number of nitriles is 1. The summed E-state index contributed by atoms with van der Waals surface area (Å²) in [7, 11) is 0. The fourth-order valence-electron chi connectivity index (χ4n) is 2.20. The summed E-state index contributed by atoms with van der Waals surface area (Å²) in [6.07, 6.45) is 0.522. The van der Waals surface area contributed by atoms with Gasteiger partial charge >= 0.3 is 6.09 Å². The smallest absolute Gasteiger partial charge is 0.410 e. The van der Waals surface area contributed by atoms with E-state index < -0.39 is 5.60 Å². The van der Waals surface area contributed by atoms with Crippen LogP contribution in [-0.2, 0) is 4.74 Å². The molecule has 0 aliphatic carbocycles. The number of rotatable bonds is 0. The maximum Gasteiger partial charge on any atom is 0.410 e. The van der Waals surface area contributed by atoms with E-state index >= 15 is 0 Å². The van der Waals surface area contributed by atoms with Crippen molar-refractivity contribution in [3.05, 3.63) is 0 Å². The maximum atomic E-state index is 12.0. The molecule has 0 bridgehead atoms. The van der Waals surface area contributed by atoms with Crippen molar-refractivity contribution in [1.82, 2.24) is 4.90 Å². The molecule has 0 spiro atoms. The minimum atomic E-state index is -0.485. The van der Waals surface area contributed by atoms with Gasteiger partial charge in [-0.3, -0.25) is 0 Å². The zero-order valence-electron chi connectivity index (χ0n) is 11.4. The van der Waals surface area contributed by atoms with Crippen molar-refractivity contribution < 1.29 is 9.53 Å². The molecule has 0 radical (unpaired) electrons. The molecule has 17 heavy (non-hydrogen) atoms. The molecule has 4 nitrogen and oxygen atoms in total. The van der Waals surface area contributed by atoms with Gasteiger partial charge in [0.25, 0.3) is 0 Å². The van der Waals surface area contributed by atoms with E-state index in [4.69, 9.17) is 10.00 Å². The summed E-state index contributed by atoms with van der Waals surface area (Å²) < 4.78 is 5.34. The third-order valence-corrected chi connectivity index (χ3v) is 2.69. The van der Waals surface area contributed by atoms with Gasteiger partial charge in [0, 0.05) is 13.1 Å². The van der Waals surface area contributed by atoms with Crippen molar-refractivity contribution in [3.8, 4) is 6.07 Å². The third-order valence-electron chi connectivity index (χ3n) is 2.69. The molecule has 1 unspecified atom stereocenters. The van der Waals surface area contributed by atoms with Crippen LogP contribution in [0.2, 0.25) is 0 Å². The second kappa shape index (κ2) is 4.56. The molecule has 1 amide bonds. The van der Waals surface area contributed by atoms with Crippen LogP contribution < -0.4 is 0 Å². The lowest BCUT2D eigenvalue weighted by Crippen LogP contribution is -2.48. The summed E-state index contributed by atoms with van der Waals surface area (Å²) in [6, 6.07) is 2.26. The molecule has 1 rings (SSSR count). The zero-order valence-corrected chi connectivity index (χ0v) is 11.4. The van der Waals surface area contributed by atoms with E-state index in [9.17, 15) is 4.79 Å². The first-order valence-corrected chi connectivity index (χ1v) is 6.00. The molecule has 1 fully saturated rings. The van der Waals surface area contributed by atoms with Crippen molar-refractivity contribution >= 4 is 6.09 Å². The van der Waals surface area contributed by atoms with Gasteiger partial charge in [-0.1, -0.05) is 13.8 Å². The molecule has 0 aromatic carbocycles. The average Bonchev–Trinajstić information content (AvgIpc) is 2.12. The molecule has 1 aliphatic heterocycles. The second-order valence-electron chi connectivity index (χ2n) is 6.56. The first kappa shape index (κ1) is 13.8. The molecule has 0 aromatic heterocycles. The molecule has 1 heterocycles. The van der Waals surface area contributed by atoms with Crippen molar-refractivity contribution in [2.75, 3.05) is 13.1 Å². The molecule has 0 aromatic rings. The van der Waals surface area contributed by atoms with Crippen LogP contribution in [0.3, 0.4) is 0 Å². The van der Waals surface area contributed by atoms with Gasteiger partial charge in [-0.25, -0.2) is 4.79 Å². The van der Waals surface area contributed by atoms with Crippen LogP contribution >= 0.6 is 0 Å². The summed E-state index contributed by atoms with van der Waals surface area (Å²) in [5.41, 5.74) is -0.504. The largest absolute Gasteiger partial charge is 0.444 e. The van der Waals surface area contributed by atoms with Gasteiger partial charge in [-0.05, 0) is 32.6 Å². The van der Waals surface area contributed by atoms with E-state index in [1.165, 1.54) is 0 Å². The summed E-state index contributed by atoms with van der Waals surface area (Å²) in [6.45, 7) is 10.8. The highest BCUT2D eigenvalue weighted by molar-refractivity contribution is 5.68. The van der Waals surface area contributed by atoms with Crippen molar-refractivity contribution in [1.29, 1.82) is 5.26 Å². The molecule has 4 heteroatoms. The van der Waals surface area contributed by atoms with E-state index in [0.29, 0.717) is 13.1 Å². The van der Waals surface area contributed by atoms with Gasteiger partial charge < -0.3 is 9.64 Å². The Balaban J connectivity index is 2.71. The lowest BCUT2D eigenvalue weighted by molar-refractivity contribution is 0.00372. The van der Waals surface area contributed by atoms with Gasteiger partial charge in [-0.2, -0.15) is 5.26 Å². The Kier molecular flexibility index (Phi) is 3.71. The first-order chi connectivity index (χ1) is 7.63. The summed E-state index contributed by atoms with van der Waals surface area (Å²) in [5, 5.41) is 9.03. The first-order valence-electron chi connectivity index (χ1n) is 6.00. The number of piperidine rings is 1. The number of ether oxygens (including phenoxy) is 1. The van der Waals surface area contributed by atoms with Gasteiger partial charge in [-0.15, -0.1) is 0 Å². The fourth-order valence-corrected chi connectivity index (χ4v) is 2.20. The Morgan fingerprint density at radius 3 is 2.53 bits per heavy atom. The number of hydrogen-bond acceptors (Lipinski definition) is 3. The standard InChI is InChI=1S/C13H22N2O2/c1-12(2,3)17-11(16)15-8-10(7-14)6-13(4,5)9-15/h10H,6,8-9H2,1-5H3. The molecule has 1 atom stereocenters. The minimum Gasteiger partial charge on any atom is -0.444 e. The van der Waals surface area contributed by atoms with Crippen molar-refractivity contribution in [3.63, 3.8) is 0 Å². The fraction of sp³-hybridized carbons (Fsp3) is 0.846. The highest BCUT2D eigenvalue weighted by Gasteiger charge is 2.36. The molecule has 0 saturated carbocycles. The predicted molar refractivity (Wildman–Crippen MR) is 65.3 cm³/mol. The molecule has 96 valence electrons. The Morgan fingerprint density at radius 1 is 1.47 bits per heavy atom. The summed E-state index contributed by atoms with van der Waals surface area (Å²) in [4.78, 5) is 13.6. The van der Waals surface area contributed by atoms with Gasteiger partial charge in [0.1, 0.15) is 5.60 Å². The average molecular weight is 238 g/mol. The number of nitrogens with zero attached hydrogens (tertiary/aromatic N) is 2. The monoisotopic (exact) mass is 238 g/mol. The van der Waals surface area contributed by atoms with Crippen LogP contribution in [0.1, 0.15) is 41.0 Å². The Labute approximate surface area is 104 Å². The lowest BCUT2D eigenvalue weighted by Gasteiger charge is -2.40. The van der Waals surface area contributed by atoms with E-state index in [0.717, 1.165) is 6.42 Å². The SMILES string of the molecule is CC1(C)CC(C#N)CN(C(=O)OC(C)(C)C)C1. The summed E-state index contributed by atoms with van der Waals surface area (Å²) >= 11 is 0. The van der Waals surface area contributed by atoms with E-state index in [-0.39, 0.29) is 17.4 Å². The maximum absolute atomic E-state index is 12.0. The third kappa shape index (κ3) is 4.26. The van der Waals surface area contributed by atoms with E-state index in [1.807, 2.05) is 20.8 Å². The highest BCUT2D eigenvalue weighted by atomic mass is 16.6. The van der Waals surface area contributed by atoms with Crippen LogP contribution in [0.5, 0.6) is 0 Å². The lowest BCUT2D eigenvalue weighted by atomic mass is 9.79. The van der Waals surface area contributed by atoms with Crippen LogP contribution in [0.4, 0.5) is 4.79 Å².